The minimum Gasteiger partial charge on any atom is -0.387 e. The lowest BCUT2D eigenvalue weighted by atomic mass is 9.88. The van der Waals surface area contributed by atoms with Gasteiger partial charge in [-0.15, -0.1) is 0 Å². The van der Waals surface area contributed by atoms with Crippen LogP contribution in [0.1, 0.15) is 25.8 Å². The number of nitrogens with two attached hydrogens (primary N) is 1. The van der Waals surface area contributed by atoms with Crippen molar-refractivity contribution in [1.29, 1.82) is 5.41 Å². The predicted molar refractivity (Wildman–Crippen MR) is 75.8 cm³/mol. The quantitative estimate of drug-likeness (QED) is 0.572. The normalized spacial score (nSPS) is 11.8. The largest absolute Gasteiger partial charge is 0.387 e. The Morgan fingerprint density at radius 2 is 1.94 bits per heavy atom. The molecule has 0 atom stereocenters. The first-order valence-electron chi connectivity index (χ1n) is 6.34. The van der Waals surface area contributed by atoms with Gasteiger partial charge in [0.25, 0.3) is 0 Å². The van der Waals surface area contributed by atoms with E-state index < -0.39 is 0 Å². The number of hydrogen-bond donors (Lipinski definition) is 2. The molecule has 0 aliphatic carbocycles. The zero-order valence-corrected chi connectivity index (χ0v) is 11.6. The Morgan fingerprint density at radius 1 is 1.33 bits per heavy atom. The number of amidine groups is 1. The van der Waals surface area contributed by atoms with Gasteiger partial charge in [-0.1, -0.05) is 13.8 Å². The van der Waals surface area contributed by atoms with Crippen molar-refractivity contribution in [2.45, 2.75) is 26.7 Å². The molecule has 0 saturated carbocycles. The van der Waals surface area contributed by atoms with Crippen LogP contribution in [0.15, 0.2) is 24.5 Å². The summed E-state index contributed by atoms with van der Waals surface area (Å²) in [7, 11) is 2.11. The van der Waals surface area contributed by atoms with Gasteiger partial charge in [0.15, 0.2) is 0 Å². The summed E-state index contributed by atoms with van der Waals surface area (Å²) in [5.74, 6) is 0.269. The van der Waals surface area contributed by atoms with Gasteiger partial charge in [-0.2, -0.15) is 0 Å². The number of rotatable bonds is 7. The van der Waals surface area contributed by atoms with E-state index in [2.05, 4.69) is 16.9 Å². The van der Waals surface area contributed by atoms with Gasteiger partial charge >= 0.3 is 0 Å². The van der Waals surface area contributed by atoms with Crippen LogP contribution in [0.5, 0.6) is 0 Å². The number of pyridine rings is 1. The monoisotopic (exact) mass is 248 g/mol. The van der Waals surface area contributed by atoms with Crippen molar-refractivity contribution in [1.82, 2.24) is 9.88 Å². The van der Waals surface area contributed by atoms with Crippen LogP contribution in [0.3, 0.4) is 0 Å². The first kappa shape index (κ1) is 14.6. The molecule has 0 aliphatic rings. The third-order valence-electron chi connectivity index (χ3n) is 3.38. The summed E-state index contributed by atoms with van der Waals surface area (Å²) in [6.07, 6.45) is 5.59. The smallest absolute Gasteiger partial charge is 0.0963 e. The van der Waals surface area contributed by atoms with Gasteiger partial charge in [-0.25, -0.2) is 0 Å². The minimum absolute atomic E-state index is 0.203. The number of likely N-dealkylation sites (N-methyl/N-ethyl adjacent to an activating group) is 1. The molecule has 0 aromatic carbocycles. The van der Waals surface area contributed by atoms with Crippen molar-refractivity contribution >= 4 is 5.84 Å². The average Bonchev–Trinajstić information content (AvgIpc) is 2.35. The molecule has 18 heavy (non-hydrogen) atoms. The zero-order valence-electron chi connectivity index (χ0n) is 11.6. The molecule has 4 heteroatoms. The third-order valence-corrected chi connectivity index (χ3v) is 3.38. The van der Waals surface area contributed by atoms with Crippen LogP contribution in [-0.2, 0) is 6.42 Å². The van der Waals surface area contributed by atoms with Crippen molar-refractivity contribution in [3.05, 3.63) is 30.1 Å². The Kier molecular flexibility index (Phi) is 5.28. The molecule has 3 N–H and O–H groups in total. The maximum absolute atomic E-state index is 7.53. The van der Waals surface area contributed by atoms with Gasteiger partial charge in [0.1, 0.15) is 0 Å². The lowest BCUT2D eigenvalue weighted by molar-refractivity contribution is 0.293. The van der Waals surface area contributed by atoms with Gasteiger partial charge in [0, 0.05) is 24.4 Å². The molecule has 0 saturated heterocycles. The number of nitrogens with one attached hydrogen (secondary N) is 1. The summed E-state index contributed by atoms with van der Waals surface area (Å²) in [5, 5.41) is 7.53. The zero-order chi connectivity index (χ0) is 13.6. The molecular weight excluding hydrogens is 224 g/mol. The molecule has 0 amide bonds. The van der Waals surface area contributed by atoms with Gasteiger partial charge in [-0.05, 0) is 44.1 Å². The summed E-state index contributed by atoms with van der Waals surface area (Å²) >= 11 is 0. The molecule has 0 unspecified atom stereocenters. The Balaban J connectivity index is 2.30. The van der Waals surface area contributed by atoms with E-state index >= 15 is 0 Å². The average molecular weight is 248 g/mol. The van der Waals surface area contributed by atoms with E-state index in [9.17, 15) is 0 Å². The molecule has 1 heterocycles. The van der Waals surface area contributed by atoms with Crippen LogP contribution >= 0.6 is 0 Å². The molecule has 1 rings (SSSR count). The van der Waals surface area contributed by atoms with Crippen molar-refractivity contribution in [3.8, 4) is 0 Å². The number of nitrogens with zero attached hydrogens (tertiary/aromatic N) is 2. The van der Waals surface area contributed by atoms with E-state index in [1.165, 1.54) is 5.56 Å². The number of aromatic nitrogens is 1. The van der Waals surface area contributed by atoms with Crippen molar-refractivity contribution < 1.29 is 0 Å². The Bertz CT molecular complexity index is 373. The second-order valence-electron chi connectivity index (χ2n) is 5.46. The summed E-state index contributed by atoms with van der Waals surface area (Å²) in [6.45, 7) is 6.01. The van der Waals surface area contributed by atoms with E-state index in [-0.39, 0.29) is 11.3 Å². The third kappa shape index (κ3) is 4.84. The number of hydrogen-bond acceptors (Lipinski definition) is 3. The SMILES string of the molecule is CN(CCc1ccncc1)CCC(C)(C)C(=N)N. The second-order valence-corrected chi connectivity index (χ2v) is 5.46. The van der Waals surface area contributed by atoms with Crippen LogP contribution in [0.4, 0.5) is 0 Å². The summed E-state index contributed by atoms with van der Waals surface area (Å²) in [6, 6.07) is 4.10. The molecule has 0 radical (unpaired) electrons. The molecule has 1 aromatic rings. The first-order valence-corrected chi connectivity index (χ1v) is 6.34. The van der Waals surface area contributed by atoms with Gasteiger partial charge in [0.05, 0.1) is 5.84 Å². The van der Waals surface area contributed by atoms with Gasteiger partial charge in [-0.3, -0.25) is 10.4 Å². The summed E-state index contributed by atoms with van der Waals surface area (Å²) in [5.41, 5.74) is 6.68. The van der Waals surface area contributed by atoms with Crippen LogP contribution in [0, 0.1) is 10.8 Å². The standard InChI is InChI=1S/C14H24N4/c1-14(2,13(15)16)7-11-18(3)10-6-12-4-8-17-9-5-12/h4-5,8-9H,6-7,10-11H2,1-3H3,(H3,15,16). The molecule has 0 spiro atoms. The van der Waals surface area contributed by atoms with E-state index in [1.54, 1.807) is 0 Å². The topological polar surface area (TPSA) is 66.0 Å². The minimum atomic E-state index is -0.203. The second kappa shape index (κ2) is 6.50. The van der Waals surface area contributed by atoms with Crippen molar-refractivity contribution in [3.63, 3.8) is 0 Å². The molecule has 0 bridgehead atoms. The maximum Gasteiger partial charge on any atom is 0.0963 e. The highest BCUT2D eigenvalue weighted by Crippen LogP contribution is 2.19. The van der Waals surface area contributed by atoms with E-state index in [1.807, 2.05) is 38.4 Å². The van der Waals surface area contributed by atoms with Crippen LogP contribution in [-0.4, -0.2) is 35.9 Å². The Labute approximate surface area is 110 Å². The fraction of sp³-hybridized carbons (Fsp3) is 0.571. The molecular formula is C14H24N4. The fourth-order valence-electron chi connectivity index (χ4n) is 1.59. The Hall–Kier alpha value is -1.42. The van der Waals surface area contributed by atoms with Crippen LogP contribution < -0.4 is 5.73 Å². The highest BCUT2D eigenvalue weighted by molar-refractivity contribution is 5.82. The maximum atomic E-state index is 7.53. The summed E-state index contributed by atoms with van der Waals surface area (Å²) < 4.78 is 0. The highest BCUT2D eigenvalue weighted by Gasteiger charge is 2.21. The van der Waals surface area contributed by atoms with Gasteiger partial charge in [0.2, 0.25) is 0 Å². The van der Waals surface area contributed by atoms with E-state index in [0.717, 1.165) is 25.9 Å². The lowest BCUT2D eigenvalue weighted by Crippen LogP contribution is -2.35. The molecule has 0 fully saturated rings. The summed E-state index contributed by atoms with van der Waals surface area (Å²) in [4.78, 5) is 6.29. The van der Waals surface area contributed by atoms with Crippen LogP contribution in [0.2, 0.25) is 0 Å². The lowest BCUT2D eigenvalue weighted by Gasteiger charge is -2.26. The molecule has 1 aromatic heterocycles. The fourth-order valence-corrected chi connectivity index (χ4v) is 1.59. The van der Waals surface area contributed by atoms with E-state index in [4.69, 9.17) is 11.1 Å². The van der Waals surface area contributed by atoms with Gasteiger partial charge < -0.3 is 10.6 Å². The van der Waals surface area contributed by atoms with Crippen molar-refractivity contribution in [2.24, 2.45) is 11.1 Å². The van der Waals surface area contributed by atoms with Crippen molar-refractivity contribution in [2.75, 3.05) is 20.1 Å². The predicted octanol–water partition coefficient (Wildman–Crippen LogP) is 1.91. The molecule has 4 nitrogen and oxygen atoms in total. The molecule has 100 valence electrons. The first-order chi connectivity index (χ1) is 8.42. The Morgan fingerprint density at radius 3 is 2.50 bits per heavy atom. The van der Waals surface area contributed by atoms with Crippen LogP contribution in [0.25, 0.3) is 0 Å². The molecule has 0 aliphatic heterocycles. The highest BCUT2D eigenvalue weighted by atomic mass is 15.1. The van der Waals surface area contributed by atoms with E-state index in [0.29, 0.717) is 0 Å².